The van der Waals surface area contributed by atoms with E-state index in [0.29, 0.717) is 6.04 Å². The van der Waals surface area contributed by atoms with Crippen molar-refractivity contribution < 1.29 is 4.74 Å². The monoisotopic (exact) mass is 222 g/mol. The van der Waals surface area contributed by atoms with Crippen molar-refractivity contribution in [3.05, 3.63) is 24.3 Å². The number of para-hydroxylation sites is 1. The highest BCUT2D eigenvalue weighted by molar-refractivity contribution is 7.97. The van der Waals surface area contributed by atoms with E-state index in [2.05, 4.69) is 21.8 Å². The van der Waals surface area contributed by atoms with Crippen LogP contribution in [0.1, 0.15) is 0 Å². The Hall–Kier alpha value is -0.710. The second-order valence-electron chi connectivity index (χ2n) is 3.85. The molecule has 1 unspecified atom stereocenters. The number of hydrogen-bond donors (Lipinski definition) is 1. The van der Waals surface area contributed by atoms with Crippen LogP contribution in [0.4, 0.5) is 0 Å². The van der Waals surface area contributed by atoms with Gasteiger partial charge in [-0.05, 0) is 24.1 Å². The molecule has 3 rings (SSSR count). The van der Waals surface area contributed by atoms with E-state index >= 15 is 0 Å². The summed E-state index contributed by atoms with van der Waals surface area (Å²) in [4.78, 5) is 1.24. The maximum atomic E-state index is 5.82. The molecular formula is C11H14N2OS. The van der Waals surface area contributed by atoms with E-state index in [9.17, 15) is 0 Å². The highest BCUT2D eigenvalue weighted by atomic mass is 32.2. The molecular weight excluding hydrogens is 208 g/mol. The van der Waals surface area contributed by atoms with Crippen molar-refractivity contribution in [2.75, 3.05) is 26.2 Å². The first-order chi connectivity index (χ1) is 7.43. The number of nitrogens with one attached hydrogen (secondary N) is 1. The number of rotatable bonds is 0. The minimum absolute atomic E-state index is 0.496. The number of hydrogen-bond acceptors (Lipinski definition) is 4. The Morgan fingerprint density at radius 2 is 2.33 bits per heavy atom. The molecule has 0 spiro atoms. The van der Waals surface area contributed by atoms with Gasteiger partial charge in [0.1, 0.15) is 12.4 Å². The van der Waals surface area contributed by atoms with Gasteiger partial charge in [-0.3, -0.25) is 0 Å². The average molecular weight is 222 g/mol. The summed E-state index contributed by atoms with van der Waals surface area (Å²) in [7, 11) is 0. The minimum Gasteiger partial charge on any atom is -0.491 e. The minimum atomic E-state index is 0.496. The quantitative estimate of drug-likeness (QED) is 0.670. The van der Waals surface area contributed by atoms with Crippen molar-refractivity contribution in [3.8, 4) is 5.75 Å². The molecule has 1 fully saturated rings. The van der Waals surface area contributed by atoms with E-state index < -0.39 is 0 Å². The van der Waals surface area contributed by atoms with Gasteiger partial charge in [0.2, 0.25) is 0 Å². The Morgan fingerprint density at radius 1 is 1.40 bits per heavy atom. The molecule has 1 N–H and O–H groups in total. The van der Waals surface area contributed by atoms with Gasteiger partial charge >= 0.3 is 0 Å². The van der Waals surface area contributed by atoms with E-state index in [4.69, 9.17) is 4.74 Å². The van der Waals surface area contributed by atoms with Crippen LogP contribution in [0.5, 0.6) is 5.75 Å². The molecule has 15 heavy (non-hydrogen) atoms. The fourth-order valence-corrected chi connectivity index (χ4v) is 3.04. The summed E-state index contributed by atoms with van der Waals surface area (Å²) < 4.78 is 8.25. The Labute approximate surface area is 93.9 Å². The molecule has 1 atom stereocenters. The largest absolute Gasteiger partial charge is 0.491 e. The fourth-order valence-electron chi connectivity index (χ4n) is 1.96. The maximum absolute atomic E-state index is 5.82. The second kappa shape index (κ2) is 4.04. The number of nitrogens with zero attached hydrogens (tertiary/aromatic N) is 1. The Balaban J connectivity index is 1.88. The lowest BCUT2D eigenvalue weighted by Crippen LogP contribution is -2.49. The first-order valence-corrected chi connectivity index (χ1v) is 6.08. The summed E-state index contributed by atoms with van der Waals surface area (Å²) in [5.41, 5.74) is 0. The SMILES string of the molecule is c1ccc2c(c1)OCC1CNCCN1S2. The van der Waals surface area contributed by atoms with Crippen LogP contribution >= 0.6 is 11.9 Å². The molecule has 2 heterocycles. The first-order valence-electron chi connectivity index (χ1n) is 5.30. The molecule has 3 nitrogen and oxygen atoms in total. The zero-order valence-corrected chi connectivity index (χ0v) is 9.30. The molecule has 1 aromatic rings. The molecule has 2 aliphatic rings. The van der Waals surface area contributed by atoms with Gasteiger partial charge in [-0.25, -0.2) is 4.31 Å². The van der Waals surface area contributed by atoms with Gasteiger partial charge in [-0.15, -0.1) is 0 Å². The summed E-state index contributed by atoms with van der Waals surface area (Å²) in [6.45, 7) is 3.98. The molecule has 80 valence electrons. The number of piperazine rings is 1. The van der Waals surface area contributed by atoms with Crippen LogP contribution in [0.2, 0.25) is 0 Å². The van der Waals surface area contributed by atoms with E-state index in [1.807, 2.05) is 24.1 Å². The van der Waals surface area contributed by atoms with Gasteiger partial charge in [0.05, 0.1) is 10.9 Å². The summed E-state index contributed by atoms with van der Waals surface area (Å²) in [5.74, 6) is 1.02. The molecule has 0 amide bonds. The van der Waals surface area contributed by atoms with E-state index in [1.165, 1.54) is 4.90 Å². The van der Waals surface area contributed by atoms with Crippen molar-refractivity contribution in [1.29, 1.82) is 0 Å². The molecule has 1 aromatic carbocycles. The van der Waals surface area contributed by atoms with E-state index in [1.54, 1.807) is 0 Å². The summed E-state index contributed by atoms with van der Waals surface area (Å²) in [6.07, 6.45) is 0. The van der Waals surface area contributed by atoms with Crippen molar-refractivity contribution in [1.82, 2.24) is 9.62 Å². The predicted molar refractivity (Wildman–Crippen MR) is 61.2 cm³/mol. The smallest absolute Gasteiger partial charge is 0.134 e. The predicted octanol–water partition coefficient (Wildman–Crippen LogP) is 1.36. The average Bonchev–Trinajstić information content (AvgIpc) is 2.48. The zero-order chi connectivity index (χ0) is 10.1. The Kier molecular flexibility index (Phi) is 2.56. The molecule has 4 heteroatoms. The Morgan fingerprint density at radius 3 is 3.33 bits per heavy atom. The standard InChI is InChI=1S/C11H14N2OS/c1-2-4-11-10(3-1)14-8-9-7-12-5-6-13(9)15-11/h1-4,9,12H,5-8H2. The number of ether oxygens (including phenoxy) is 1. The molecule has 2 aliphatic heterocycles. The summed E-state index contributed by atoms with van der Waals surface area (Å²) >= 11 is 1.83. The van der Waals surface area contributed by atoms with E-state index in [-0.39, 0.29) is 0 Å². The maximum Gasteiger partial charge on any atom is 0.134 e. The van der Waals surface area contributed by atoms with Gasteiger partial charge in [0.25, 0.3) is 0 Å². The van der Waals surface area contributed by atoms with Crippen LogP contribution in [0.3, 0.4) is 0 Å². The molecule has 0 saturated carbocycles. The third-order valence-corrected chi connectivity index (χ3v) is 4.04. The molecule has 0 aliphatic carbocycles. The van der Waals surface area contributed by atoms with Crippen molar-refractivity contribution in [3.63, 3.8) is 0 Å². The first kappa shape index (κ1) is 9.51. The Bertz CT molecular complexity index is 358. The lowest BCUT2D eigenvalue weighted by atomic mass is 10.2. The van der Waals surface area contributed by atoms with Gasteiger partial charge < -0.3 is 10.1 Å². The molecule has 1 saturated heterocycles. The number of benzene rings is 1. The third kappa shape index (κ3) is 1.85. The normalized spacial score (nSPS) is 26.0. The summed E-state index contributed by atoms with van der Waals surface area (Å²) in [5, 5.41) is 3.40. The van der Waals surface area contributed by atoms with Gasteiger partial charge in [-0.2, -0.15) is 0 Å². The molecule has 0 radical (unpaired) electrons. The highest BCUT2D eigenvalue weighted by Gasteiger charge is 2.27. The van der Waals surface area contributed by atoms with Crippen LogP contribution in [0, 0.1) is 0 Å². The van der Waals surface area contributed by atoms with Crippen molar-refractivity contribution in [2.24, 2.45) is 0 Å². The van der Waals surface area contributed by atoms with Gasteiger partial charge in [0.15, 0.2) is 0 Å². The fraction of sp³-hybridized carbons (Fsp3) is 0.455. The van der Waals surface area contributed by atoms with Crippen LogP contribution in [0.15, 0.2) is 29.2 Å². The lowest BCUT2D eigenvalue weighted by Gasteiger charge is -2.32. The molecule has 0 bridgehead atoms. The highest BCUT2D eigenvalue weighted by Crippen LogP contribution is 2.35. The zero-order valence-electron chi connectivity index (χ0n) is 8.48. The van der Waals surface area contributed by atoms with Gasteiger partial charge in [-0.1, -0.05) is 12.1 Å². The van der Waals surface area contributed by atoms with Crippen molar-refractivity contribution in [2.45, 2.75) is 10.9 Å². The van der Waals surface area contributed by atoms with Crippen LogP contribution in [-0.2, 0) is 0 Å². The summed E-state index contributed by atoms with van der Waals surface area (Å²) in [6, 6.07) is 8.77. The topological polar surface area (TPSA) is 24.5 Å². The second-order valence-corrected chi connectivity index (χ2v) is 4.94. The van der Waals surface area contributed by atoms with Crippen LogP contribution < -0.4 is 10.1 Å². The molecule has 0 aromatic heterocycles. The van der Waals surface area contributed by atoms with Crippen molar-refractivity contribution >= 4 is 11.9 Å². The van der Waals surface area contributed by atoms with Crippen LogP contribution in [0.25, 0.3) is 0 Å². The lowest BCUT2D eigenvalue weighted by molar-refractivity contribution is 0.195. The number of fused-ring (bicyclic) bond motifs is 2. The third-order valence-electron chi connectivity index (χ3n) is 2.79. The van der Waals surface area contributed by atoms with E-state index in [0.717, 1.165) is 32.0 Å². The van der Waals surface area contributed by atoms with Crippen LogP contribution in [-0.4, -0.2) is 36.6 Å². The van der Waals surface area contributed by atoms with Gasteiger partial charge in [0, 0.05) is 19.6 Å².